The van der Waals surface area contributed by atoms with Gasteiger partial charge in [0, 0.05) is 11.5 Å². The van der Waals surface area contributed by atoms with Crippen LogP contribution in [0.3, 0.4) is 0 Å². The third kappa shape index (κ3) is 4.67. The van der Waals surface area contributed by atoms with Gasteiger partial charge in [0.15, 0.2) is 0 Å². The Morgan fingerprint density at radius 1 is 1.03 bits per heavy atom. The van der Waals surface area contributed by atoms with Gasteiger partial charge in [0.2, 0.25) is 5.65 Å². The summed E-state index contributed by atoms with van der Waals surface area (Å²) < 4.78 is 0. The van der Waals surface area contributed by atoms with Gasteiger partial charge in [0.25, 0.3) is 0 Å². The molecule has 7 nitrogen and oxygen atoms in total. The van der Waals surface area contributed by atoms with Crippen molar-refractivity contribution < 1.29 is 5.11 Å². The molecule has 0 aliphatic heterocycles. The van der Waals surface area contributed by atoms with Crippen LogP contribution in [0.5, 0.6) is 0 Å². The highest BCUT2D eigenvalue weighted by atomic mass is 16.3. The first-order valence-corrected chi connectivity index (χ1v) is 12.1. The Bertz CT molecular complexity index is 1200. The third-order valence-electron chi connectivity index (χ3n) is 7.37. The van der Waals surface area contributed by atoms with E-state index < -0.39 is 0 Å². The number of nitrogen functional groups attached to an aromatic ring is 1. The number of aromatic amines is 1. The molecule has 0 spiro atoms. The lowest BCUT2D eigenvalue weighted by atomic mass is 9.74. The lowest BCUT2D eigenvalue weighted by Crippen LogP contribution is -2.51. The number of pyridine rings is 1. The van der Waals surface area contributed by atoms with Crippen LogP contribution in [0, 0.1) is 0 Å². The molecule has 0 amide bonds. The first-order chi connectivity index (χ1) is 16.7. The van der Waals surface area contributed by atoms with Crippen molar-refractivity contribution in [1.29, 1.82) is 0 Å². The average molecular weight is 457 g/mol. The van der Waals surface area contributed by atoms with Crippen molar-refractivity contribution in [1.82, 2.24) is 25.7 Å². The van der Waals surface area contributed by atoms with Gasteiger partial charge in [-0.2, -0.15) is 10.3 Å². The molecule has 2 aromatic carbocycles. The fraction of sp³-hybridized carbons (Fsp3) is 0.370. The molecule has 0 bridgehead atoms. The Kier molecular flexibility index (Phi) is 6.56. The first-order valence-electron chi connectivity index (χ1n) is 12.1. The second-order valence-electron chi connectivity index (χ2n) is 9.43. The highest BCUT2D eigenvalue weighted by Gasteiger charge is 2.35. The number of nitrogens with zero attached hydrogens (tertiary/aromatic N) is 3. The number of rotatable bonds is 8. The van der Waals surface area contributed by atoms with Gasteiger partial charge in [-0.15, -0.1) is 5.10 Å². The van der Waals surface area contributed by atoms with Crippen LogP contribution < -0.4 is 11.1 Å². The maximum absolute atomic E-state index is 10.3. The molecule has 7 heteroatoms. The number of anilines is 1. The zero-order chi connectivity index (χ0) is 23.4. The van der Waals surface area contributed by atoms with Gasteiger partial charge in [-0.3, -0.25) is 0 Å². The van der Waals surface area contributed by atoms with E-state index in [1.165, 1.54) is 11.1 Å². The molecule has 0 saturated heterocycles. The van der Waals surface area contributed by atoms with Crippen LogP contribution in [0.2, 0.25) is 0 Å². The van der Waals surface area contributed by atoms with E-state index in [1.54, 1.807) is 0 Å². The number of aliphatic hydroxyl groups excluding tert-OH is 1. The number of hydrogen-bond donors (Lipinski definition) is 4. The summed E-state index contributed by atoms with van der Waals surface area (Å²) in [5.41, 5.74) is 10.8. The summed E-state index contributed by atoms with van der Waals surface area (Å²) in [4.78, 5) is 4.31. The molecule has 2 aromatic heterocycles. The molecule has 34 heavy (non-hydrogen) atoms. The Morgan fingerprint density at radius 2 is 1.74 bits per heavy atom. The van der Waals surface area contributed by atoms with Gasteiger partial charge >= 0.3 is 0 Å². The van der Waals surface area contributed by atoms with E-state index in [1.807, 2.05) is 12.1 Å². The first kappa shape index (κ1) is 22.5. The maximum atomic E-state index is 10.3. The van der Waals surface area contributed by atoms with Crippen LogP contribution in [0.15, 0.2) is 66.7 Å². The lowest BCUT2D eigenvalue weighted by molar-refractivity contribution is 0.114. The van der Waals surface area contributed by atoms with Crippen LogP contribution in [0.4, 0.5) is 5.82 Å². The fourth-order valence-electron chi connectivity index (χ4n) is 5.43. The van der Waals surface area contributed by atoms with Crippen molar-refractivity contribution in [2.45, 2.75) is 49.5 Å². The maximum Gasteiger partial charge on any atom is 0.203 e. The number of aliphatic hydroxyl groups is 1. The van der Waals surface area contributed by atoms with E-state index in [9.17, 15) is 5.11 Å². The van der Waals surface area contributed by atoms with Gasteiger partial charge in [-0.25, -0.2) is 4.98 Å². The highest BCUT2D eigenvalue weighted by Crippen LogP contribution is 2.38. The van der Waals surface area contributed by atoms with Crippen molar-refractivity contribution in [2.75, 3.05) is 18.9 Å². The van der Waals surface area contributed by atoms with E-state index in [0.717, 1.165) is 49.7 Å². The number of fused-ring (bicyclic) bond motifs is 1. The van der Waals surface area contributed by atoms with Gasteiger partial charge in [0.05, 0.1) is 6.61 Å². The van der Waals surface area contributed by atoms with Crippen LogP contribution in [-0.4, -0.2) is 44.2 Å². The summed E-state index contributed by atoms with van der Waals surface area (Å²) in [5, 5.41) is 25.3. The van der Waals surface area contributed by atoms with Crippen molar-refractivity contribution in [3.63, 3.8) is 0 Å². The summed E-state index contributed by atoms with van der Waals surface area (Å²) in [7, 11) is 0. The predicted octanol–water partition coefficient (Wildman–Crippen LogP) is 4.14. The van der Waals surface area contributed by atoms with Gasteiger partial charge in [-0.05, 0) is 67.3 Å². The minimum atomic E-state index is -0.229. The molecule has 2 heterocycles. The number of benzene rings is 2. The monoisotopic (exact) mass is 456 g/mol. The number of aromatic nitrogens is 4. The quantitative estimate of drug-likeness (QED) is 0.317. The van der Waals surface area contributed by atoms with E-state index >= 15 is 0 Å². The van der Waals surface area contributed by atoms with Crippen molar-refractivity contribution >= 4 is 17.0 Å². The second kappa shape index (κ2) is 9.91. The van der Waals surface area contributed by atoms with E-state index in [2.05, 4.69) is 80.3 Å². The molecule has 176 valence electrons. The SMILES string of the molecule is Nc1cc(C(CCNC2(CO)CCC(c3ccccc3)CC2)c2ccccc2)c2n[nH]nc2n1. The Morgan fingerprint density at radius 3 is 2.44 bits per heavy atom. The molecule has 1 aliphatic carbocycles. The molecule has 1 atom stereocenters. The van der Waals surface area contributed by atoms with Crippen molar-refractivity contribution in [2.24, 2.45) is 0 Å². The third-order valence-corrected chi connectivity index (χ3v) is 7.37. The van der Waals surface area contributed by atoms with Gasteiger partial charge in [0.1, 0.15) is 11.3 Å². The Balaban J connectivity index is 1.31. The van der Waals surface area contributed by atoms with E-state index in [-0.39, 0.29) is 18.1 Å². The minimum absolute atomic E-state index is 0.0861. The predicted molar refractivity (Wildman–Crippen MR) is 134 cm³/mol. The van der Waals surface area contributed by atoms with E-state index in [0.29, 0.717) is 17.4 Å². The molecule has 5 N–H and O–H groups in total. The summed E-state index contributed by atoms with van der Waals surface area (Å²) >= 11 is 0. The molecule has 5 rings (SSSR count). The Labute approximate surface area is 199 Å². The summed E-state index contributed by atoms with van der Waals surface area (Å²) in [5.74, 6) is 1.10. The molecular formula is C27H32N6O. The molecule has 4 aromatic rings. The second-order valence-corrected chi connectivity index (χ2v) is 9.43. The number of nitrogens with one attached hydrogen (secondary N) is 2. The summed E-state index contributed by atoms with van der Waals surface area (Å²) in [6.07, 6.45) is 4.95. The zero-order valence-electron chi connectivity index (χ0n) is 19.3. The van der Waals surface area contributed by atoms with E-state index in [4.69, 9.17) is 5.73 Å². The molecule has 1 fully saturated rings. The smallest absolute Gasteiger partial charge is 0.203 e. The highest BCUT2D eigenvalue weighted by molar-refractivity contribution is 5.77. The van der Waals surface area contributed by atoms with Crippen LogP contribution >= 0.6 is 0 Å². The largest absolute Gasteiger partial charge is 0.394 e. The molecule has 0 radical (unpaired) electrons. The lowest BCUT2D eigenvalue weighted by Gasteiger charge is -2.40. The number of hydrogen-bond acceptors (Lipinski definition) is 6. The molecule has 1 unspecified atom stereocenters. The van der Waals surface area contributed by atoms with Crippen molar-refractivity contribution in [3.05, 3.63) is 83.4 Å². The average Bonchev–Trinajstić information content (AvgIpc) is 3.36. The van der Waals surface area contributed by atoms with Crippen molar-refractivity contribution in [3.8, 4) is 0 Å². The number of H-pyrrole nitrogens is 1. The topological polar surface area (TPSA) is 113 Å². The van der Waals surface area contributed by atoms with Gasteiger partial charge < -0.3 is 16.2 Å². The molecule has 1 aliphatic rings. The summed E-state index contributed by atoms with van der Waals surface area (Å²) in [6.45, 7) is 0.929. The summed E-state index contributed by atoms with van der Waals surface area (Å²) in [6, 6.07) is 23.1. The van der Waals surface area contributed by atoms with Crippen LogP contribution in [-0.2, 0) is 0 Å². The Hall–Kier alpha value is -3.29. The van der Waals surface area contributed by atoms with Crippen LogP contribution in [0.1, 0.15) is 60.6 Å². The standard InChI is InChI=1S/C27H32N6O/c28-24-17-23(25-26(30-24)32-33-31-25)22(21-9-5-2-6-10-21)13-16-29-27(18-34)14-11-20(12-15-27)19-7-3-1-4-8-19/h1-10,17,20,22,29,34H,11-16,18H2,(H3,28,30,31,32,33). The van der Waals surface area contributed by atoms with Crippen LogP contribution in [0.25, 0.3) is 11.2 Å². The minimum Gasteiger partial charge on any atom is -0.394 e. The normalized spacial score (nSPS) is 21.5. The van der Waals surface area contributed by atoms with Gasteiger partial charge in [-0.1, -0.05) is 60.7 Å². The molecule has 1 saturated carbocycles. The molecular weight excluding hydrogens is 424 g/mol. The number of nitrogens with two attached hydrogens (primary N) is 1. The zero-order valence-corrected chi connectivity index (χ0v) is 19.3. The fourth-order valence-corrected chi connectivity index (χ4v) is 5.43.